The summed E-state index contributed by atoms with van der Waals surface area (Å²) in [6.07, 6.45) is 4.64. The van der Waals surface area contributed by atoms with Crippen LogP contribution in [0.5, 0.6) is 0 Å². The van der Waals surface area contributed by atoms with Crippen LogP contribution in [0.1, 0.15) is 46.5 Å². The third-order valence-corrected chi connectivity index (χ3v) is 3.96. The number of ketones is 1. The van der Waals surface area contributed by atoms with Crippen LogP contribution in [0, 0.1) is 5.92 Å². The largest absolute Gasteiger partial charge is 0.311 e. The fourth-order valence-corrected chi connectivity index (χ4v) is 2.82. The molecule has 0 aliphatic carbocycles. The van der Waals surface area contributed by atoms with Crippen LogP contribution in [0.25, 0.3) is 0 Å². The maximum atomic E-state index is 12.2. The zero-order valence-electron chi connectivity index (χ0n) is 9.97. The lowest BCUT2D eigenvalue weighted by Gasteiger charge is -2.28. The third kappa shape index (κ3) is 2.15. The fourth-order valence-electron chi connectivity index (χ4n) is 2.82. The molecular formula is C13H21NO. The molecule has 0 aromatic heterocycles. The van der Waals surface area contributed by atoms with Gasteiger partial charge >= 0.3 is 0 Å². The lowest BCUT2D eigenvalue weighted by Crippen LogP contribution is -2.40. The van der Waals surface area contributed by atoms with E-state index >= 15 is 0 Å². The Morgan fingerprint density at radius 2 is 1.60 bits per heavy atom. The minimum Gasteiger partial charge on any atom is -0.311 e. The standard InChI is InChI=1S/C13H21NO/c1-8(2)9(3)13(15)10-6-11-4-5-12(7-10)14-11/h10-12,14H,4-7H2,1-3H3. The van der Waals surface area contributed by atoms with E-state index in [1.54, 1.807) is 0 Å². The summed E-state index contributed by atoms with van der Waals surface area (Å²) in [4.78, 5) is 12.2. The fraction of sp³-hybridized carbons (Fsp3) is 0.769. The topological polar surface area (TPSA) is 29.1 Å². The smallest absolute Gasteiger partial charge is 0.161 e. The van der Waals surface area contributed by atoms with Crippen LogP contribution in [0.15, 0.2) is 11.1 Å². The molecule has 2 aliphatic rings. The summed E-state index contributed by atoms with van der Waals surface area (Å²) in [5.74, 6) is 0.687. The van der Waals surface area contributed by atoms with Crippen molar-refractivity contribution in [2.45, 2.75) is 58.5 Å². The third-order valence-electron chi connectivity index (χ3n) is 3.96. The monoisotopic (exact) mass is 207 g/mol. The summed E-state index contributed by atoms with van der Waals surface area (Å²) >= 11 is 0. The molecule has 1 N–H and O–H groups in total. The van der Waals surface area contributed by atoms with Gasteiger partial charge < -0.3 is 5.32 Å². The normalized spacial score (nSPS) is 33.9. The number of fused-ring (bicyclic) bond motifs is 2. The van der Waals surface area contributed by atoms with Gasteiger partial charge in [0.1, 0.15) is 0 Å². The van der Waals surface area contributed by atoms with Gasteiger partial charge in [0.15, 0.2) is 5.78 Å². The minimum absolute atomic E-state index is 0.290. The number of hydrogen-bond acceptors (Lipinski definition) is 2. The molecule has 84 valence electrons. The molecule has 0 amide bonds. The molecule has 2 nitrogen and oxygen atoms in total. The van der Waals surface area contributed by atoms with Gasteiger partial charge in [0.25, 0.3) is 0 Å². The van der Waals surface area contributed by atoms with E-state index in [1.807, 2.05) is 20.8 Å². The van der Waals surface area contributed by atoms with Gasteiger partial charge in [0.2, 0.25) is 0 Å². The van der Waals surface area contributed by atoms with Gasteiger partial charge in [-0.3, -0.25) is 4.79 Å². The Hall–Kier alpha value is -0.630. The van der Waals surface area contributed by atoms with Crippen LogP contribution in [-0.4, -0.2) is 17.9 Å². The predicted octanol–water partition coefficient (Wildman–Crippen LogP) is 2.44. The highest BCUT2D eigenvalue weighted by Crippen LogP contribution is 2.32. The van der Waals surface area contributed by atoms with E-state index in [0.29, 0.717) is 23.8 Å². The Balaban J connectivity index is 2.06. The average Bonchev–Trinajstić information content (AvgIpc) is 2.55. The average molecular weight is 207 g/mol. The molecule has 2 aliphatic heterocycles. The second-order valence-electron chi connectivity index (χ2n) is 5.30. The molecule has 0 radical (unpaired) electrons. The van der Waals surface area contributed by atoms with Gasteiger partial charge in [-0.2, -0.15) is 0 Å². The van der Waals surface area contributed by atoms with Crippen molar-refractivity contribution in [1.82, 2.24) is 5.32 Å². The summed E-state index contributed by atoms with van der Waals surface area (Å²) < 4.78 is 0. The first-order valence-corrected chi connectivity index (χ1v) is 6.02. The van der Waals surface area contributed by atoms with E-state index in [2.05, 4.69) is 5.32 Å². The van der Waals surface area contributed by atoms with Gasteiger partial charge in [0, 0.05) is 18.0 Å². The molecule has 2 fully saturated rings. The maximum Gasteiger partial charge on any atom is 0.161 e. The Labute approximate surface area is 92.1 Å². The maximum absolute atomic E-state index is 12.2. The molecule has 2 unspecified atom stereocenters. The second kappa shape index (κ2) is 4.09. The molecule has 0 saturated carbocycles. The molecule has 2 saturated heterocycles. The Kier molecular flexibility index (Phi) is 2.96. The number of nitrogens with one attached hydrogen (secondary N) is 1. The second-order valence-corrected chi connectivity index (χ2v) is 5.30. The van der Waals surface area contributed by atoms with Crippen LogP contribution < -0.4 is 5.32 Å². The number of allylic oxidation sites excluding steroid dienone is 2. The molecule has 0 aromatic carbocycles. The molecule has 2 atom stereocenters. The van der Waals surface area contributed by atoms with Crippen molar-refractivity contribution < 1.29 is 4.79 Å². The highest BCUT2D eigenvalue weighted by molar-refractivity contribution is 5.97. The number of carbonyl (C=O) groups is 1. The molecule has 2 heterocycles. The molecule has 15 heavy (non-hydrogen) atoms. The van der Waals surface area contributed by atoms with Gasteiger partial charge in [-0.1, -0.05) is 5.57 Å². The van der Waals surface area contributed by atoms with Gasteiger partial charge in [0.05, 0.1) is 0 Å². The number of carbonyl (C=O) groups excluding carboxylic acids is 1. The van der Waals surface area contributed by atoms with Crippen LogP contribution in [0.3, 0.4) is 0 Å². The van der Waals surface area contributed by atoms with Crippen LogP contribution in [0.4, 0.5) is 0 Å². The first-order valence-electron chi connectivity index (χ1n) is 6.02. The van der Waals surface area contributed by atoms with Crippen molar-refractivity contribution in [2.24, 2.45) is 5.92 Å². The lowest BCUT2D eigenvalue weighted by atomic mass is 9.85. The minimum atomic E-state index is 0.290. The van der Waals surface area contributed by atoms with Crippen LogP contribution >= 0.6 is 0 Å². The van der Waals surface area contributed by atoms with Gasteiger partial charge in [-0.05, 0) is 52.0 Å². The zero-order chi connectivity index (χ0) is 11.0. The number of rotatable bonds is 2. The molecule has 2 bridgehead atoms. The number of hydrogen-bond donors (Lipinski definition) is 1. The first-order chi connectivity index (χ1) is 7.08. The van der Waals surface area contributed by atoms with E-state index in [9.17, 15) is 4.79 Å². The quantitative estimate of drug-likeness (QED) is 0.705. The first kappa shape index (κ1) is 10.9. The Bertz CT molecular complexity index is 290. The van der Waals surface area contributed by atoms with Gasteiger partial charge in [-0.15, -0.1) is 0 Å². The van der Waals surface area contributed by atoms with E-state index in [-0.39, 0.29) is 0 Å². The lowest BCUT2D eigenvalue weighted by molar-refractivity contribution is -0.120. The van der Waals surface area contributed by atoms with Crippen molar-refractivity contribution in [3.8, 4) is 0 Å². The molecular weight excluding hydrogens is 186 g/mol. The zero-order valence-corrected chi connectivity index (χ0v) is 9.97. The van der Waals surface area contributed by atoms with Crippen molar-refractivity contribution in [3.05, 3.63) is 11.1 Å². The summed E-state index contributed by atoms with van der Waals surface area (Å²) in [6.45, 7) is 6.04. The van der Waals surface area contributed by atoms with Crippen molar-refractivity contribution in [2.75, 3.05) is 0 Å². The molecule has 2 rings (SSSR count). The van der Waals surface area contributed by atoms with Crippen LogP contribution in [-0.2, 0) is 4.79 Å². The molecule has 0 aromatic rings. The summed E-state index contributed by atoms with van der Waals surface area (Å²) in [5, 5.41) is 3.58. The summed E-state index contributed by atoms with van der Waals surface area (Å²) in [5.41, 5.74) is 2.16. The highest BCUT2D eigenvalue weighted by Gasteiger charge is 2.36. The van der Waals surface area contributed by atoms with E-state index < -0.39 is 0 Å². The van der Waals surface area contributed by atoms with Crippen LogP contribution in [0.2, 0.25) is 0 Å². The number of piperidine rings is 1. The Morgan fingerprint density at radius 1 is 1.07 bits per heavy atom. The van der Waals surface area contributed by atoms with E-state index in [0.717, 1.165) is 18.4 Å². The highest BCUT2D eigenvalue weighted by atomic mass is 16.1. The molecule has 2 heteroatoms. The van der Waals surface area contributed by atoms with Gasteiger partial charge in [-0.25, -0.2) is 0 Å². The van der Waals surface area contributed by atoms with E-state index in [1.165, 1.54) is 18.4 Å². The van der Waals surface area contributed by atoms with Crippen molar-refractivity contribution in [3.63, 3.8) is 0 Å². The molecule has 0 spiro atoms. The SMILES string of the molecule is CC(C)=C(C)C(=O)C1CC2CCC(C1)N2. The van der Waals surface area contributed by atoms with Crippen molar-refractivity contribution in [1.29, 1.82) is 0 Å². The number of Topliss-reactive ketones (excluding diaryl/α,β-unsaturated/α-hetero) is 1. The summed E-state index contributed by atoms with van der Waals surface area (Å²) in [6, 6.07) is 1.23. The summed E-state index contributed by atoms with van der Waals surface area (Å²) in [7, 11) is 0. The van der Waals surface area contributed by atoms with E-state index in [4.69, 9.17) is 0 Å². The Morgan fingerprint density at radius 3 is 2.07 bits per heavy atom. The predicted molar refractivity (Wildman–Crippen MR) is 61.7 cm³/mol. The van der Waals surface area contributed by atoms with Crippen molar-refractivity contribution >= 4 is 5.78 Å².